The molecule has 3 aromatic carbocycles. The van der Waals surface area contributed by atoms with Crippen molar-refractivity contribution < 1.29 is 4.39 Å². The van der Waals surface area contributed by atoms with E-state index in [4.69, 9.17) is 10.7 Å². The molecule has 0 spiro atoms. The van der Waals surface area contributed by atoms with Gasteiger partial charge in [0.15, 0.2) is 0 Å². The van der Waals surface area contributed by atoms with Gasteiger partial charge in [-0.25, -0.2) is 4.39 Å². The van der Waals surface area contributed by atoms with E-state index >= 15 is 0 Å². The first-order valence-corrected chi connectivity index (χ1v) is 8.67. The summed E-state index contributed by atoms with van der Waals surface area (Å²) in [7, 11) is 0. The van der Waals surface area contributed by atoms with Crippen LogP contribution in [0.5, 0.6) is 0 Å². The molecule has 0 radical (unpaired) electrons. The van der Waals surface area contributed by atoms with E-state index in [1.165, 1.54) is 12.1 Å². The van der Waals surface area contributed by atoms with Crippen LogP contribution in [0.3, 0.4) is 0 Å². The molecule has 3 N–H and O–H groups in total. The first-order chi connectivity index (χ1) is 12.7. The van der Waals surface area contributed by atoms with Gasteiger partial charge in [0.2, 0.25) is 0 Å². The van der Waals surface area contributed by atoms with E-state index < -0.39 is 6.04 Å². The van der Waals surface area contributed by atoms with E-state index in [-0.39, 0.29) is 17.9 Å². The summed E-state index contributed by atoms with van der Waals surface area (Å²) in [5.74, 6) is 0.450. The second-order valence-corrected chi connectivity index (χ2v) is 6.43. The topological polar surface area (TPSA) is 50.4 Å². The zero-order chi connectivity index (χ0) is 17.9. The van der Waals surface area contributed by atoms with Gasteiger partial charge in [-0.3, -0.25) is 4.99 Å². The molecule has 1 aliphatic heterocycles. The number of halogens is 1. The van der Waals surface area contributed by atoms with Gasteiger partial charge in [-0.05, 0) is 28.8 Å². The Labute approximate surface area is 152 Å². The predicted molar refractivity (Wildman–Crippen MR) is 102 cm³/mol. The fourth-order valence-corrected chi connectivity index (χ4v) is 3.34. The second kappa shape index (κ2) is 7.10. The SMILES string of the molecule is NC(C1=N[C@H](c2ccccc2)[C@H](c2ccccc2)N1)c1ccc(F)cc1. The molecule has 3 aromatic rings. The lowest BCUT2D eigenvalue weighted by Crippen LogP contribution is -2.33. The predicted octanol–water partition coefficient (Wildman–Crippen LogP) is 4.31. The molecule has 1 unspecified atom stereocenters. The lowest BCUT2D eigenvalue weighted by Gasteiger charge is -2.20. The molecule has 26 heavy (non-hydrogen) atoms. The van der Waals surface area contributed by atoms with Gasteiger partial charge >= 0.3 is 0 Å². The largest absolute Gasteiger partial charge is 0.363 e. The van der Waals surface area contributed by atoms with Gasteiger partial charge in [-0.1, -0.05) is 72.8 Å². The average molecular weight is 345 g/mol. The van der Waals surface area contributed by atoms with Gasteiger partial charge in [0, 0.05) is 0 Å². The highest BCUT2D eigenvalue weighted by Gasteiger charge is 2.33. The third-order valence-corrected chi connectivity index (χ3v) is 4.72. The van der Waals surface area contributed by atoms with Crippen molar-refractivity contribution >= 4 is 5.84 Å². The van der Waals surface area contributed by atoms with Crippen LogP contribution in [0, 0.1) is 5.82 Å². The van der Waals surface area contributed by atoms with Gasteiger partial charge in [0.1, 0.15) is 17.7 Å². The lowest BCUT2D eigenvalue weighted by atomic mass is 9.95. The molecule has 0 amide bonds. The molecular weight excluding hydrogens is 325 g/mol. The van der Waals surface area contributed by atoms with E-state index in [1.54, 1.807) is 12.1 Å². The number of hydrogen-bond donors (Lipinski definition) is 2. The lowest BCUT2D eigenvalue weighted by molar-refractivity contribution is 0.570. The van der Waals surface area contributed by atoms with Gasteiger partial charge < -0.3 is 11.1 Å². The number of aliphatic imine (C=N–C) groups is 1. The van der Waals surface area contributed by atoms with Crippen molar-refractivity contribution in [3.05, 3.63) is 107 Å². The summed E-state index contributed by atoms with van der Waals surface area (Å²) in [6.45, 7) is 0. The maximum absolute atomic E-state index is 13.2. The summed E-state index contributed by atoms with van der Waals surface area (Å²) in [6, 6.07) is 26.2. The monoisotopic (exact) mass is 345 g/mol. The molecule has 130 valence electrons. The molecule has 0 saturated heterocycles. The van der Waals surface area contributed by atoms with Crippen molar-refractivity contribution in [1.82, 2.24) is 5.32 Å². The number of benzene rings is 3. The van der Waals surface area contributed by atoms with E-state index in [1.807, 2.05) is 36.4 Å². The van der Waals surface area contributed by atoms with E-state index in [9.17, 15) is 4.39 Å². The molecule has 1 aliphatic rings. The zero-order valence-corrected chi connectivity index (χ0v) is 14.2. The molecule has 4 heteroatoms. The van der Waals surface area contributed by atoms with Gasteiger partial charge in [-0.2, -0.15) is 0 Å². The number of nitrogens with zero attached hydrogens (tertiary/aromatic N) is 1. The molecular formula is C22H20FN3. The van der Waals surface area contributed by atoms with Crippen LogP contribution < -0.4 is 11.1 Å². The smallest absolute Gasteiger partial charge is 0.123 e. The normalized spacial score (nSPS) is 20.3. The standard InChI is InChI=1S/C22H20FN3/c23-18-13-11-15(12-14-18)19(24)22-25-20(16-7-3-1-4-8-16)21(26-22)17-9-5-2-6-10-17/h1-14,19-21H,24H2,(H,25,26)/t19?,20-,21+. The maximum Gasteiger partial charge on any atom is 0.123 e. The molecule has 1 heterocycles. The Kier molecular flexibility index (Phi) is 4.50. The molecule has 4 rings (SSSR count). The van der Waals surface area contributed by atoms with Crippen molar-refractivity contribution in [3.63, 3.8) is 0 Å². The van der Waals surface area contributed by atoms with Crippen molar-refractivity contribution in [2.24, 2.45) is 10.7 Å². The highest BCUT2D eigenvalue weighted by atomic mass is 19.1. The van der Waals surface area contributed by atoms with Crippen LogP contribution in [0.25, 0.3) is 0 Å². The van der Waals surface area contributed by atoms with Crippen molar-refractivity contribution in [2.45, 2.75) is 18.1 Å². The van der Waals surface area contributed by atoms with Gasteiger partial charge in [-0.15, -0.1) is 0 Å². The highest BCUT2D eigenvalue weighted by Crippen LogP contribution is 2.37. The van der Waals surface area contributed by atoms with Crippen molar-refractivity contribution in [2.75, 3.05) is 0 Å². The highest BCUT2D eigenvalue weighted by molar-refractivity contribution is 5.90. The minimum atomic E-state index is -0.421. The minimum Gasteiger partial charge on any atom is -0.363 e. The molecule has 3 nitrogen and oxygen atoms in total. The summed E-state index contributed by atoms with van der Waals surface area (Å²) in [4.78, 5) is 4.90. The minimum absolute atomic E-state index is 0.0140. The number of hydrogen-bond acceptors (Lipinski definition) is 3. The fourth-order valence-electron chi connectivity index (χ4n) is 3.34. The maximum atomic E-state index is 13.2. The third kappa shape index (κ3) is 3.24. The summed E-state index contributed by atoms with van der Waals surface area (Å²) in [6.07, 6.45) is 0. The molecule has 3 atom stereocenters. The van der Waals surface area contributed by atoms with Crippen molar-refractivity contribution in [3.8, 4) is 0 Å². The second-order valence-electron chi connectivity index (χ2n) is 6.43. The summed E-state index contributed by atoms with van der Waals surface area (Å²) in [5, 5.41) is 3.50. The molecule has 0 aliphatic carbocycles. The summed E-state index contributed by atoms with van der Waals surface area (Å²) < 4.78 is 13.2. The Morgan fingerprint density at radius 3 is 2.00 bits per heavy atom. The summed E-state index contributed by atoms with van der Waals surface area (Å²) in [5.41, 5.74) is 9.54. The average Bonchev–Trinajstić information content (AvgIpc) is 3.15. The molecule has 0 fully saturated rings. The van der Waals surface area contributed by atoms with Crippen LogP contribution in [-0.2, 0) is 0 Å². The Balaban J connectivity index is 1.69. The third-order valence-electron chi connectivity index (χ3n) is 4.72. The van der Waals surface area contributed by atoms with Crippen LogP contribution in [0.15, 0.2) is 89.9 Å². The van der Waals surface area contributed by atoms with E-state index in [0.29, 0.717) is 0 Å². The van der Waals surface area contributed by atoms with Gasteiger partial charge in [0.25, 0.3) is 0 Å². The Morgan fingerprint density at radius 1 is 0.808 bits per heavy atom. The Bertz CT molecular complexity index is 892. The van der Waals surface area contributed by atoms with Gasteiger partial charge in [0.05, 0.1) is 12.1 Å². The number of nitrogens with one attached hydrogen (secondary N) is 1. The Hall–Kier alpha value is -2.98. The Morgan fingerprint density at radius 2 is 1.38 bits per heavy atom. The van der Waals surface area contributed by atoms with Crippen molar-refractivity contribution in [1.29, 1.82) is 0 Å². The van der Waals surface area contributed by atoms with Crippen LogP contribution in [0.4, 0.5) is 4.39 Å². The van der Waals surface area contributed by atoms with E-state index in [2.05, 4.69) is 29.6 Å². The van der Waals surface area contributed by atoms with Crippen LogP contribution in [0.2, 0.25) is 0 Å². The fraction of sp³-hybridized carbons (Fsp3) is 0.136. The number of amidine groups is 1. The summed E-state index contributed by atoms with van der Waals surface area (Å²) >= 11 is 0. The first-order valence-electron chi connectivity index (χ1n) is 8.67. The van der Waals surface area contributed by atoms with Crippen LogP contribution in [-0.4, -0.2) is 5.84 Å². The number of nitrogens with two attached hydrogens (primary N) is 1. The van der Waals surface area contributed by atoms with Crippen LogP contribution >= 0.6 is 0 Å². The molecule has 0 bridgehead atoms. The van der Waals surface area contributed by atoms with Crippen LogP contribution in [0.1, 0.15) is 34.8 Å². The number of rotatable bonds is 4. The van der Waals surface area contributed by atoms with E-state index in [0.717, 1.165) is 22.5 Å². The molecule has 0 aromatic heterocycles. The quantitative estimate of drug-likeness (QED) is 0.740. The first kappa shape index (κ1) is 16.5. The zero-order valence-electron chi connectivity index (χ0n) is 14.2. The molecule has 0 saturated carbocycles.